The maximum Gasteiger partial charge on any atom is 0.186 e. The maximum absolute atomic E-state index is 12.4. The highest BCUT2D eigenvalue weighted by Crippen LogP contribution is 2.19. The lowest BCUT2D eigenvalue weighted by molar-refractivity contribution is 0.0981. The molecule has 100 valence electrons. The summed E-state index contributed by atoms with van der Waals surface area (Å²) in [4.78, 5) is 12.4. The fourth-order valence-corrected chi connectivity index (χ4v) is 2.58. The van der Waals surface area contributed by atoms with Crippen LogP contribution in [0.5, 0.6) is 0 Å². The van der Waals surface area contributed by atoms with Crippen LogP contribution in [0.1, 0.15) is 28.5 Å². The van der Waals surface area contributed by atoms with Gasteiger partial charge in [-0.05, 0) is 34.0 Å². The van der Waals surface area contributed by atoms with Gasteiger partial charge in [-0.15, -0.1) is 0 Å². The third kappa shape index (κ3) is 2.93. The molecule has 1 aromatic carbocycles. The molecule has 0 unspecified atom stereocenters. The van der Waals surface area contributed by atoms with Crippen molar-refractivity contribution in [2.75, 3.05) is 0 Å². The van der Waals surface area contributed by atoms with Gasteiger partial charge in [0, 0.05) is 19.5 Å². The van der Waals surface area contributed by atoms with Crippen molar-refractivity contribution in [3.05, 3.63) is 51.8 Å². The molecule has 5 heteroatoms. The molecule has 2 N–H and O–H groups in total. The molecule has 0 fully saturated rings. The van der Waals surface area contributed by atoms with Crippen LogP contribution in [0, 0.1) is 0 Å². The highest BCUT2D eigenvalue weighted by atomic mass is 79.9. The molecule has 1 heterocycles. The van der Waals surface area contributed by atoms with E-state index in [4.69, 9.17) is 5.73 Å². The second kappa shape index (κ2) is 6.12. The first-order chi connectivity index (χ1) is 9.17. The van der Waals surface area contributed by atoms with E-state index in [1.54, 1.807) is 10.9 Å². The number of nitrogens with two attached hydrogens (primary N) is 1. The van der Waals surface area contributed by atoms with Crippen molar-refractivity contribution in [2.45, 2.75) is 26.4 Å². The normalized spacial score (nSPS) is 10.7. The molecule has 2 rings (SSSR count). The van der Waals surface area contributed by atoms with Crippen molar-refractivity contribution in [3.8, 4) is 0 Å². The first-order valence-electron chi connectivity index (χ1n) is 6.18. The van der Waals surface area contributed by atoms with Crippen molar-refractivity contribution in [1.29, 1.82) is 0 Å². The second-order valence-corrected chi connectivity index (χ2v) is 5.08. The van der Waals surface area contributed by atoms with Gasteiger partial charge in [-0.3, -0.25) is 9.48 Å². The summed E-state index contributed by atoms with van der Waals surface area (Å²) in [6, 6.07) is 7.76. The minimum Gasteiger partial charge on any atom is -0.326 e. The van der Waals surface area contributed by atoms with Gasteiger partial charge in [-0.1, -0.05) is 24.3 Å². The molecule has 0 aliphatic heterocycles. The van der Waals surface area contributed by atoms with Crippen LogP contribution in [0.15, 0.2) is 34.9 Å². The van der Waals surface area contributed by atoms with E-state index < -0.39 is 0 Å². The molecular formula is C14H16BrN3O. The van der Waals surface area contributed by atoms with E-state index in [1.165, 1.54) is 0 Å². The van der Waals surface area contributed by atoms with Crippen LogP contribution in [0.4, 0.5) is 0 Å². The summed E-state index contributed by atoms with van der Waals surface area (Å²) in [6.07, 6.45) is 2.00. The summed E-state index contributed by atoms with van der Waals surface area (Å²) < 4.78 is 2.45. The lowest BCUT2D eigenvalue weighted by Gasteiger charge is -2.08. The topological polar surface area (TPSA) is 60.9 Å². The Hall–Kier alpha value is -1.46. The van der Waals surface area contributed by atoms with Gasteiger partial charge in [-0.2, -0.15) is 5.10 Å². The number of nitrogens with zero attached hydrogens (tertiary/aromatic N) is 2. The van der Waals surface area contributed by atoms with Gasteiger partial charge in [0.1, 0.15) is 5.69 Å². The third-order valence-corrected chi connectivity index (χ3v) is 3.63. The molecule has 1 aromatic heterocycles. The fourth-order valence-electron chi connectivity index (χ4n) is 2.07. The van der Waals surface area contributed by atoms with Crippen molar-refractivity contribution in [2.24, 2.45) is 5.73 Å². The summed E-state index contributed by atoms with van der Waals surface area (Å²) in [7, 11) is 0. The number of hydrogen-bond acceptors (Lipinski definition) is 3. The molecule has 0 saturated heterocycles. The highest BCUT2D eigenvalue weighted by Gasteiger charge is 2.17. The number of carbonyl (C=O) groups is 1. The number of halogens is 1. The minimum atomic E-state index is 0.0483. The van der Waals surface area contributed by atoms with Gasteiger partial charge in [0.15, 0.2) is 5.78 Å². The molecule has 0 aliphatic rings. The van der Waals surface area contributed by atoms with Gasteiger partial charge in [0.25, 0.3) is 0 Å². The van der Waals surface area contributed by atoms with Gasteiger partial charge >= 0.3 is 0 Å². The summed E-state index contributed by atoms with van der Waals surface area (Å²) in [5.74, 6) is 0.0483. The number of aromatic nitrogens is 2. The Morgan fingerprint density at radius 3 is 2.68 bits per heavy atom. The van der Waals surface area contributed by atoms with Crippen LogP contribution in [0.25, 0.3) is 0 Å². The van der Waals surface area contributed by atoms with Crippen LogP contribution in [0.2, 0.25) is 0 Å². The monoisotopic (exact) mass is 321 g/mol. The average molecular weight is 322 g/mol. The Balaban J connectivity index is 2.28. The van der Waals surface area contributed by atoms with E-state index in [-0.39, 0.29) is 5.78 Å². The molecular weight excluding hydrogens is 306 g/mol. The molecule has 0 spiro atoms. The van der Waals surface area contributed by atoms with Crippen molar-refractivity contribution in [1.82, 2.24) is 9.78 Å². The Labute approximate surface area is 120 Å². The zero-order valence-corrected chi connectivity index (χ0v) is 12.4. The van der Waals surface area contributed by atoms with Gasteiger partial charge < -0.3 is 5.73 Å². The molecule has 0 aliphatic carbocycles. The second-order valence-electron chi connectivity index (χ2n) is 4.23. The number of hydrogen-bond donors (Lipinski definition) is 1. The summed E-state index contributed by atoms with van der Waals surface area (Å²) >= 11 is 3.38. The zero-order chi connectivity index (χ0) is 13.8. The Morgan fingerprint density at radius 1 is 1.37 bits per heavy atom. The van der Waals surface area contributed by atoms with Gasteiger partial charge in [0.2, 0.25) is 0 Å². The van der Waals surface area contributed by atoms with Gasteiger partial charge in [0.05, 0.1) is 10.7 Å². The fraction of sp³-hybridized carbons (Fsp3) is 0.286. The average Bonchev–Trinajstić information content (AvgIpc) is 2.80. The Kier molecular flexibility index (Phi) is 4.50. The van der Waals surface area contributed by atoms with E-state index >= 15 is 0 Å². The molecule has 0 atom stereocenters. The predicted molar refractivity (Wildman–Crippen MR) is 78.0 cm³/mol. The smallest absolute Gasteiger partial charge is 0.186 e. The van der Waals surface area contributed by atoms with E-state index in [2.05, 4.69) is 21.0 Å². The maximum atomic E-state index is 12.4. The lowest BCUT2D eigenvalue weighted by Crippen LogP contribution is -2.14. The third-order valence-electron chi connectivity index (χ3n) is 3.05. The number of Topliss-reactive ketones (excluding diaryl/α,β-unsaturated/α-hetero) is 1. The molecule has 4 nitrogen and oxygen atoms in total. The summed E-state index contributed by atoms with van der Waals surface area (Å²) in [5.41, 5.74) is 8.30. The van der Waals surface area contributed by atoms with Crippen molar-refractivity contribution in [3.63, 3.8) is 0 Å². The first kappa shape index (κ1) is 14.0. The zero-order valence-electron chi connectivity index (χ0n) is 10.8. The van der Waals surface area contributed by atoms with Gasteiger partial charge in [-0.25, -0.2) is 0 Å². The van der Waals surface area contributed by atoms with Crippen molar-refractivity contribution < 1.29 is 4.79 Å². The van der Waals surface area contributed by atoms with E-state index in [0.29, 0.717) is 25.2 Å². The predicted octanol–water partition coefficient (Wildman–Crippen LogP) is 2.55. The molecule has 19 heavy (non-hydrogen) atoms. The van der Waals surface area contributed by atoms with E-state index in [9.17, 15) is 4.79 Å². The quantitative estimate of drug-likeness (QED) is 0.861. The Morgan fingerprint density at radius 2 is 2.05 bits per heavy atom. The Bertz CT molecular complexity index is 592. The largest absolute Gasteiger partial charge is 0.326 e. The van der Waals surface area contributed by atoms with Crippen molar-refractivity contribution >= 4 is 21.7 Å². The molecule has 2 aromatic rings. The van der Waals surface area contributed by atoms with Crippen LogP contribution in [0.3, 0.4) is 0 Å². The molecule has 0 saturated carbocycles. The SMILES string of the molecule is CCn1ncc(Br)c1C(=O)Cc1ccccc1CN. The molecule has 0 bridgehead atoms. The minimum absolute atomic E-state index is 0.0483. The van der Waals surface area contributed by atoms with E-state index in [0.717, 1.165) is 15.6 Å². The standard InChI is InChI=1S/C14H16BrN3O/c1-2-18-14(12(15)9-17-18)13(19)7-10-5-3-4-6-11(10)8-16/h3-6,9H,2,7-8,16H2,1H3. The molecule has 0 radical (unpaired) electrons. The van der Waals surface area contributed by atoms with E-state index in [1.807, 2.05) is 31.2 Å². The van der Waals surface area contributed by atoms with Crippen LogP contribution >= 0.6 is 15.9 Å². The number of benzene rings is 1. The summed E-state index contributed by atoms with van der Waals surface area (Å²) in [6.45, 7) is 3.08. The highest BCUT2D eigenvalue weighted by molar-refractivity contribution is 9.10. The number of rotatable bonds is 5. The summed E-state index contributed by atoms with van der Waals surface area (Å²) in [5, 5.41) is 4.16. The first-order valence-corrected chi connectivity index (χ1v) is 6.98. The number of aryl methyl sites for hydroxylation is 1. The van der Waals surface area contributed by atoms with Crippen LogP contribution in [-0.4, -0.2) is 15.6 Å². The number of ketones is 1. The van der Waals surface area contributed by atoms with Crippen LogP contribution in [-0.2, 0) is 19.5 Å². The van der Waals surface area contributed by atoms with Crippen LogP contribution < -0.4 is 5.73 Å². The molecule has 0 amide bonds. The number of carbonyl (C=O) groups excluding carboxylic acids is 1. The lowest BCUT2D eigenvalue weighted by atomic mass is 10.0.